The Labute approximate surface area is 93.5 Å². The molecule has 15 heavy (non-hydrogen) atoms. The largest absolute Gasteiger partial charge is 0.490 e. The molecule has 0 aromatic heterocycles. The quantitative estimate of drug-likeness (QED) is 0.761. The average Bonchev–Trinajstić information content (AvgIpc) is 2.26. The van der Waals surface area contributed by atoms with E-state index in [0.717, 1.165) is 11.5 Å². The SMILES string of the molecule is CCSCCOc1ccc(CO)cc1F. The summed E-state index contributed by atoms with van der Waals surface area (Å²) in [6.07, 6.45) is 0. The molecule has 1 aromatic rings. The molecule has 0 unspecified atom stereocenters. The lowest BCUT2D eigenvalue weighted by atomic mass is 10.2. The summed E-state index contributed by atoms with van der Waals surface area (Å²) < 4.78 is 18.6. The zero-order valence-electron chi connectivity index (χ0n) is 8.70. The molecule has 0 amide bonds. The maximum atomic E-state index is 13.3. The van der Waals surface area contributed by atoms with Crippen LogP contribution in [0.25, 0.3) is 0 Å². The van der Waals surface area contributed by atoms with E-state index >= 15 is 0 Å². The smallest absolute Gasteiger partial charge is 0.165 e. The zero-order valence-corrected chi connectivity index (χ0v) is 9.52. The molecule has 1 aromatic carbocycles. The van der Waals surface area contributed by atoms with Crippen molar-refractivity contribution < 1.29 is 14.2 Å². The number of aliphatic hydroxyl groups excluding tert-OH is 1. The predicted molar refractivity (Wildman–Crippen MR) is 60.8 cm³/mol. The predicted octanol–water partition coefficient (Wildman–Crippen LogP) is 2.45. The molecule has 1 N–H and O–H groups in total. The molecule has 0 aliphatic carbocycles. The molecule has 84 valence electrons. The van der Waals surface area contributed by atoms with Crippen molar-refractivity contribution in [3.63, 3.8) is 0 Å². The zero-order chi connectivity index (χ0) is 11.1. The standard InChI is InChI=1S/C11H15FO2S/c1-2-15-6-5-14-11-4-3-9(8-13)7-10(11)12/h3-4,7,13H,2,5-6,8H2,1H3. The van der Waals surface area contributed by atoms with Crippen molar-refractivity contribution in [1.82, 2.24) is 0 Å². The highest BCUT2D eigenvalue weighted by Crippen LogP contribution is 2.18. The fraction of sp³-hybridized carbons (Fsp3) is 0.455. The molecular weight excluding hydrogens is 215 g/mol. The van der Waals surface area contributed by atoms with Gasteiger partial charge in [0, 0.05) is 5.75 Å². The van der Waals surface area contributed by atoms with Crippen LogP contribution < -0.4 is 4.74 Å². The van der Waals surface area contributed by atoms with Gasteiger partial charge in [-0.15, -0.1) is 0 Å². The first-order chi connectivity index (χ1) is 7.27. The van der Waals surface area contributed by atoms with E-state index < -0.39 is 5.82 Å². The van der Waals surface area contributed by atoms with Gasteiger partial charge in [0.25, 0.3) is 0 Å². The number of hydrogen-bond acceptors (Lipinski definition) is 3. The summed E-state index contributed by atoms with van der Waals surface area (Å²) in [6.45, 7) is 2.43. The van der Waals surface area contributed by atoms with E-state index in [9.17, 15) is 4.39 Å². The molecular formula is C11H15FO2S. The van der Waals surface area contributed by atoms with Crippen molar-refractivity contribution in [2.24, 2.45) is 0 Å². The van der Waals surface area contributed by atoms with Crippen molar-refractivity contribution in [2.45, 2.75) is 13.5 Å². The lowest BCUT2D eigenvalue weighted by Gasteiger charge is -2.07. The molecule has 1 rings (SSSR count). The van der Waals surface area contributed by atoms with Gasteiger partial charge >= 0.3 is 0 Å². The molecule has 0 fully saturated rings. The summed E-state index contributed by atoms with van der Waals surface area (Å²) in [5.74, 6) is 1.74. The summed E-state index contributed by atoms with van der Waals surface area (Å²) in [6, 6.07) is 4.51. The first-order valence-corrected chi connectivity index (χ1v) is 6.03. The molecule has 0 aliphatic rings. The highest BCUT2D eigenvalue weighted by molar-refractivity contribution is 7.99. The number of benzene rings is 1. The second-order valence-electron chi connectivity index (χ2n) is 2.97. The Bertz CT molecular complexity index is 305. The van der Waals surface area contributed by atoms with Gasteiger partial charge in [0.05, 0.1) is 13.2 Å². The van der Waals surface area contributed by atoms with E-state index in [0.29, 0.717) is 12.2 Å². The fourth-order valence-electron chi connectivity index (χ4n) is 1.11. The van der Waals surface area contributed by atoms with Crippen LogP contribution in [0, 0.1) is 5.82 Å². The third-order valence-corrected chi connectivity index (χ3v) is 2.73. The van der Waals surface area contributed by atoms with Gasteiger partial charge in [-0.05, 0) is 23.4 Å². The average molecular weight is 230 g/mol. The Kier molecular flexibility index (Phi) is 5.50. The Morgan fingerprint density at radius 1 is 1.47 bits per heavy atom. The van der Waals surface area contributed by atoms with Crippen molar-refractivity contribution in [3.05, 3.63) is 29.6 Å². The van der Waals surface area contributed by atoms with E-state index in [1.54, 1.807) is 23.9 Å². The lowest BCUT2D eigenvalue weighted by molar-refractivity contribution is 0.280. The second-order valence-corrected chi connectivity index (χ2v) is 4.36. The maximum Gasteiger partial charge on any atom is 0.165 e. The molecule has 0 saturated heterocycles. The highest BCUT2D eigenvalue weighted by Gasteiger charge is 2.03. The summed E-state index contributed by atoms with van der Waals surface area (Å²) in [7, 11) is 0. The molecule has 2 nitrogen and oxygen atoms in total. The van der Waals surface area contributed by atoms with Crippen molar-refractivity contribution in [1.29, 1.82) is 0 Å². The minimum atomic E-state index is -0.414. The van der Waals surface area contributed by atoms with Crippen LogP contribution in [0.15, 0.2) is 18.2 Å². The molecule has 4 heteroatoms. The third-order valence-electron chi connectivity index (χ3n) is 1.87. The summed E-state index contributed by atoms with van der Waals surface area (Å²) in [5.41, 5.74) is 0.558. The highest BCUT2D eigenvalue weighted by atomic mass is 32.2. The minimum absolute atomic E-state index is 0.150. The first kappa shape index (κ1) is 12.3. The van der Waals surface area contributed by atoms with Crippen LogP contribution in [0.4, 0.5) is 4.39 Å². The number of thioether (sulfide) groups is 1. The van der Waals surface area contributed by atoms with Gasteiger partial charge in [0.1, 0.15) is 0 Å². The lowest BCUT2D eigenvalue weighted by Crippen LogP contribution is -2.02. The van der Waals surface area contributed by atoms with E-state index in [1.165, 1.54) is 6.07 Å². The van der Waals surface area contributed by atoms with Crippen molar-refractivity contribution in [3.8, 4) is 5.75 Å². The summed E-state index contributed by atoms with van der Waals surface area (Å²) in [5, 5.41) is 8.79. The van der Waals surface area contributed by atoms with Crippen molar-refractivity contribution in [2.75, 3.05) is 18.1 Å². The van der Waals surface area contributed by atoms with Crippen molar-refractivity contribution >= 4 is 11.8 Å². The monoisotopic (exact) mass is 230 g/mol. The Hall–Kier alpha value is -0.740. The molecule has 0 spiro atoms. The summed E-state index contributed by atoms with van der Waals surface area (Å²) in [4.78, 5) is 0. The van der Waals surface area contributed by atoms with E-state index in [2.05, 4.69) is 6.92 Å². The Morgan fingerprint density at radius 2 is 2.27 bits per heavy atom. The molecule has 0 bridgehead atoms. The van der Waals surface area contributed by atoms with Gasteiger partial charge in [-0.25, -0.2) is 4.39 Å². The van der Waals surface area contributed by atoms with Gasteiger partial charge in [-0.2, -0.15) is 11.8 Å². The summed E-state index contributed by atoms with van der Waals surface area (Å²) >= 11 is 1.75. The number of ether oxygens (including phenoxy) is 1. The molecule has 0 atom stereocenters. The Balaban J connectivity index is 2.47. The molecule has 0 heterocycles. The van der Waals surface area contributed by atoms with E-state index in [-0.39, 0.29) is 12.4 Å². The topological polar surface area (TPSA) is 29.5 Å². The van der Waals surface area contributed by atoms with Gasteiger partial charge in [0.2, 0.25) is 0 Å². The van der Waals surface area contributed by atoms with Crippen LogP contribution in [0.3, 0.4) is 0 Å². The van der Waals surface area contributed by atoms with E-state index in [4.69, 9.17) is 9.84 Å². The van der Waals surface area contributed by atoms with Crippen LogP contribution >= 0.6 is 11.8 Å². The fourth-order valence-corrected chi connectivity index (χ4v) is 1.60. The first-order valence-electron chi connectivity index (χ1n) is 4.87. The molecule has 0 aliphatic heterocycles. The number of halogens is 1. The maximum absolute atomic E-state index is 13.3. The van der Waals surface area contributed by atoms with Gasteiger partial charge < -0.3 is 9.84 Å². The van der Waals surface area contributed by atoms with E-state index in [1.807, 2.05) is 0 Å². The Morgan fingerprint density at radius 3 is 2.87 bits per heavy atom. The van der Waals surface area contributed by atoms with Gasteiger partial charge in [-0.3, -0.25) is 0 Å². The van der Waals surface area contributed by atoms with Gasteiger partial charge in [0.15, 0.2) is 11.6 Å². The number of hydrogen-bond donors (Lipinski definition) is 1. The third kappa shape index (κ3) is 4.10. The van der Waals surface area contributed by atoms with Crippen LogP contribution in [0.5, 0.6) is 5.75 Å². The van der Waals surface area contributed by atoms with Crippen LogP contribution in [-0.4, -0.2) is 23.2 Å². The number of rotatable bonds is 6. The van der Waals surface area contributed by atoms with Crippen LogP contribution in [0.2, 0.25) is 0 Å². The molecule has 0 radical (unpaired) electrons. The molecule has 0 saturated carbocycles. The normalized spacial score (nSPS) is 10.3. The van der Waals surface area contributed by atoms with Crippen LogP contribution in [0.1, 0.15) is 12.5 Å². The number of aliphatic hydroxyl groups is 1. The minimum Gasteiger partial charge on any atom is -0.490 e. The van der Waals surface area contributed by atoms with Crippen LogP contribution in [-0.2, 0) is 6.61 Å². The second kappa shape index (κ2) is 6.69. The van der Waals surface area contributed by atoms with Gasteiger partial charge in [-0.1, -0.05) is 13.0 Å².